The molecule has 0 bridgehead atoms. The van der Waals surface area contributed by atoms with Gasteiger partial charge in [-0.15, -0.1) is 0 Å². The van der Waals surface area contributed by atoms with E-state index >= 15 is 0 Å². The van der Waals surface area contributed by atoms with Crippen molar-refractivity contribution in [2.75, 3.05) is 25.5 Å². The van der Waals surface area contributed by atoms with E-state index < -0.39 is 40.0 Å². The molecule has 29 heavy (non-hydrogen) atoms. The highest BCUT2D eigenvalue weighted by atomic mass is 32.2. The van der Waals surface area contributed by atoms with Gasteiger partial charge in [0.1, 0.15) is 5.75 Å². The van der Waals surface area contributed by atoms with Crippen LogP contribution in [-0.2, 0) is 19.6 Å². The van der Waals surface area contributed by atoms with E-state index in [1.165, 1.54) is 37.4 Å². The number of ether oxygens (including phenoxy) is 1. The Morgan fingerprint density at radius 3 is 2.31 bits per heavy atom. The minimum atomic E-state index is -3.79. The Morgan fingerprint density at radius 2 is 1.69 bits per heavy atom. The van der Waals surface area contributed by atoms with Crippen LogP contribution in [-0.4, -0.2) is 40.4 Å². The molecule has 156 valence electrons. The van der Waals surface area contributed by atoms with Crippen molar-refractivity contribution in [2.45, 2.75) is 11.3 Å². The van der Waals surface area contributed by atoms with Gasteiger partial charge in [-0.05, 0) is 36.4 Å². The number of hydrogen-bond donors (Lipinski definition) is 3. The molecular formula is C18H19F2N3O5S. The summed E-state index contributed by atoms with van der Waals surface area (Å²) in [6.45, 7) is -0.589. The number of anilines is 1. The Balaban J connectivity index is 1.74. The summed E-state index contributed by atoms with van der Waals surface area (Å²) in [5.41, 5.74) is 0.0374. The molecule has 0 heterocycles. The molecule has 0 fully saturated rings. The number of carbonyl (C=O) groups excluding carboxylic acids is 2. The maximum Gasteiger partial charge on any atom is 0.243 e. The van der Waals surface area contributed by atoms with E-state index in [0.29, 0.717) is 5.75 Å². The zero-order valence-electron chi connectivity index (χ0n) is 15.4. The van der Waals surface area contributed by atoms with Crippen molar-refractivity contribution in [3.8, 4) is 5.75 Å². The average molecular weight is 427 g/mol. The van der Waals surface area contributed by atoms with Gasteiger partial charge in [0.25, 0.3) is 0 Å². The molecule has 0 saturated heterocycles. The predicted octanol–water partition coefficient (Wildman–Crippen LogP) is 1.40. The number of sulfonamides is 1. The Bertz CT molecular complexity index is 981. The first-order valence-electron chi connectivity index (χ1n) is 8.36. The largest absolute Gasteiger partial charge is 0.497 e. The van der Waals surface area contributed by atoms with E-state index in [4.69, 9.17) is 4.74 Å². The molecule has 0 atom stereocenters. The SMILES string of the molecule is COc1ccc(S(=O)(=O)NCCC(=O)NCC(=O)Nc2ccc(F)c(F)c2)cc1. The molecule has 11 heteroatoms. The van der Waals surface area contributed by atoms with Crippen molar-refractivity contribution in [1.82, 2.24) is 10.0 Å². The van der Waals surface area contributed by atoms with Gasteiger partial charge in [0.15, 0.2) is 11.6 Å². The third-order valence-corrected chi connectivity index (χ3v) is 5.14. The third-order valence-electron chi connectivity index (χ3n) is 3.66. The highest BCUT2D eigenvalue weighted by Gasteiger charge is 2.14. The molecule has 8 nitrogen and oxygen atoms in total. The summed E-state index contributed by atoms with van der Waals surface area (Å²) in [7, 11) is -2.33. The maximum atomic E-state index is 13.1. The summed E-state index contributed by atoms with van der Waals surface area (Å²) in [5, 5.41) is 4.59. The van der Waals surface area contributed by atoms with Crippen LogP contribution in [0.4, 0.5) is 14.5 Å². The normalized spacial score (nSPS) is 11.0. The average Bonchev–Trinajstić information content (AvgIpc) is 2.69. The van der Waals surface area contributed by atoms with E-state index in [0.717, 1.165) is 12.1 Å². The molecule has 3 N–H and O–H groups in total. The van der Waals surface area contributed by atoms with Crippen molar-refractivity contribution in [3.63, 3.8) is 0 Å². The van der Waals surface area contributed by atoms with Gasteiger partial charge in [-0.3, -0.25) is 9.59 Å². The van der Waals surface area contributed by atoms with Crippen LogP contribution >= 0.6 is 0 Å². The summed E-state index contributed by atoms with van der Waals surface area (Å²) >= 11 is 0. The van der Waals surface area contributed by atoms with Crippen LogP contribution in [0.5, 0.6) is 5.75 Å². The number of carbonyl (C=O) groups is 2. The summed E-state index contributed by atoms with van der Waals surface area (Å²) in [5.74, 6) is -2.87. The molecule has 2 aromatic rings. The van der Waals surface area contributed by atoms with Crippen LogP contribution in [0.2, 0.25) is 0 Å². The molecule has 0 unspecified atom stereocenters. The number of hydrogen-bond acceptors (Lipinski definition) is 5. The van der Waals surface area contributed by atoms with Gasteiger partial charge in [-0.2, -0.15) is 0 Å². The van der Waals surface area contributed by atoms with E-state index in [1.54, 1.807) is 0 Å². The minimum absolute atomic E-state index is 0.0182. The first kappa shape index (κ1) is 22.2. The van der Waals surface area contributed by atoms with E-state index in [2.05, 4.69) is 15.4 Å². The van der Waals surface area contributed by atoms with Crippen molar-refractivity contribution in [3.05, 3.63) is 54.1 Å². The van der Waals surface area contributed by atoms with Crippen molar-refractivity contribution in [2.24, 2.45) is 0 Å². The van der Waals surface area contributed by atoms with E-state index in [9.17, 15) is 26.8 Å². The van der Waals surface area contributed by atoms with Crippen LogP contribution in [0.1, 0.15) is 6.42 Å². The molecular weight excluding hydrogens is 408 g/mol. The Morgan fingerprint density at radius 1 is 1.00 bits per heavy atom. The predicted molar refractivity (Wildman–Crippen MR) is 101 cm³/mol. The number of rotatable bonds is 9. The molecule has 0 aromatic heterocycles. The van der Waals surface area contributed by atoms with Crippen LogP contribution in [0, 0.1) is 11.6 Å². The second-order valence-electron chi connectivity index (χ2n) is 5.78. The molecule has 0 spiro atoms. The molecule has 2 aromatic carbocycles. The lowest BCUT2D eigenvalue weighted by Crippen LogP contribution is -2.35. The van der Waals surface area contributed by atoms with Crippen LogP contribution in [0.3, 0.4) is 0 Å². The van der Waals surface area contributed by atoms with Crippen LogP contribution in [0.15, 0.2) is 47.4 Å². The molecule has 2 amide bonds. The minimum Gasteiger partial charge on any atom is -0.497 e. The van der Waals surface area contributed by atoms with Gasteiger partial charge < -0.3 is 15.4 Å². The fourth-order valence-electron chi connectivity index (χ4n) is 2.18. The summed E-state index contributed by atoms with van der Waals surface area (Å²) in [6, 6.07) is 8.56. The summed E-state index contributed by atoms with van der Waals surface area (Å²) < 4.78 is 57.4. The zero-order chi connectivity index (χ0) is 21.4. The molecule has 0 aliphatic carbocycles. The lowest BCUT2D eigenvalue weighted by atomic mass is 10.3. The Labute approximate surface area is 166 Å². The third kappa shape index (κ3) is 6.80. The first-order chi connectivity index (χ1) is 13.7. The van der Waals surface area contributed by atoms with E-state index in [1.807, 2.05) is 0 Å². The number of benzene rings is 2. The van der Waals surface area contributed by atoms with Crippen molar-refractivity contribution in [1.29, 1.82) is 0 Å². The molecule has 0 radical (unpaired) electrons. The van der Waals surface area contributed by atoms with E-state index in [-0.39, 0.29) is 23.5 Å². The molecule has 0 aliphatic heterocycles. The Kier molecular flexibility index (Phi) is 7.62. The quantitative estimate of drug-likeness (QED) is 0.560. The highest BCUT2D eigenvalue weighted by molar-refractivity contribution is 7.89. The van der Waals surface area contributed by atoms with Crippen molar-refractivity contribution < 1.29 is 31.5 Å². The first-order valence-corrected chi connectivity index (χ1v) is 9.85. The van der Waals surface area contributed by atoms with Gasteiger partial charge in [-0.1, -0.05) is 0 Å². The summed E-state index contributed by atoms with van der Waals surface area (Å²) in [6.07, 6.45) is -0.201. The topological polar surface area (TPSA) is 114 Å². The summed E-state index contributed by atoms with van der Waals surface area (Å²) in [4.78, 5) is 23.5. The zero-order valence-corrected chi connectivity index (χ0v) is 16.2. The second-order valence-corrected chi connectivity index (χ2v) is 7.54. The standard InChI is InChI=1S/C18H19F2N3O5S/c1-28-13-3-5-14(6-4-13)29(26,27)22-9-8-17(24)21-11-18(25)23-12-2-7-15(19)16(20)10-12/h2-7,10,22H,8-9,11H2,1H3,(H,21,24)(H,23,25). The lowest BCUT2D eigenvalue weighted by Gasteiger charge is -2.09. The maximum absolute atomic E-state index is 13.1. The highest BCUT2D eigenvalue weighted by Crippen LogP contribution is 2.15. The number of methoxy groups -OCH3 is 1. The Hall–Kier alpha value is -3.05. The smallest absolute Gasteiger partial charge is 0.243 e. The lowest BCUT2D eigenvalue weighted by molar-refractivity contribution is -0.124. The van der Waals surface area contributed by atoms with Gasteiger partial charge >= 0.3 is 0 Å². The molecule has 2 rings (SSSR count). The number of nitrogens with one attached hydrogen (secondary N) is 3. The fraction of sp³-hybridized carbons (Fsp3) is 0.222. The van der Waals surface area contributed by atoms with Gasteiger partial charge in [0, 0.05) is 24.7 Å². The number of amides is 2. The van der Waals surface area contributed by atoms with Crippen LogP contribution in [0.25, 0.3) is 0 Å². The van der Waals surface area contributed by atoms with Crippen LogP contribution < -0.4 is 20.1 Å². The van der Waals surface area contributed by atoms with Gasteiger partial charge in [-0.25, -0.2) is 21.9 Å². The van der Waals surface area contributed by atoms with Crippen molar-refractivity contribution >= 4 is 27.5 Å². The monoisotopic (exact) mass is 427 g/mol. The van der Waals surface area contributed by atoms with Gasteiger partial charge in [0.2, 0.25) is 21.8 Å². The molecule has 0 aliphatic rings. The van der Waals surface area contributed by atoms with Gasteiger partial charge in [0.05, 0.1) is 18.6 Å². The molecule has 0 saturated carbocycles. The number of halogens is 2. The fourth-order valence-corrected chi connectivity index (χ4v) is 3.22. The second kappa shape index (κ2) is 9.94.